The van der Waals surface area contributed by atoms with Crippen LogP contribution >= 0.6 is 24.0 Å². The van der Waals surface area contributed by atoms with Gasteiger partial charge in [0.1, 0.15) is 5.76 Å². The maximum Gasteiger partial charge on any atom is 0.214 e. The Hall–Kier alpha value is -1.57. The van der Waals surface area contributed by atoms with Gasteiger partial charge < -0.3 is 15.1 Å². The van der Waals surface area contributed by atoms with Crippen molar-refractivity contribution in [1.82, 2.24) is 15.6 Å². The number of benzene rings is 1. The van der Waals surface area contributed by atoms with Gasteiger partial charge in [0.2, 0.25) is 5.89 Å². The van der Waals surface area contributed by atoms with Gasteiger partial charge in [-0.3, -0.25) is 4.99 Å². The van der Waals surface area contributed by atoms with Gasteiger partial charge in [-0.25, -0.2) is 4.98 Å². The molecule has 0 aliphatic heterocycles. The first-order chi connectivity index (χ1) is 10.7. The third-order valence-corrected chi connectivity index (χ3v) is 3.48. The molecule has 0 atom stereocenters. The van der Waals surface area contributed by atoms with Crippen LogP contribution in [0.3, 0.4) is 0 Å². The maximum absolute atomic E-state index is 5.54. The van der Waals surface area contributed by atoms with Gasteiger partial charge in [-0.15, -0.1) is 24.0 Å². The van der Waals surface area contributed by atoms with Crippen LogP contribution in [0.4, 0.5) is 0 Å². The minimum Gasteiger partial charge on any atom is -0.444 e. The number of oxazole rings is 1. The highest BCUT2D eigenvalue weighted by Gasteiger charge is 2.06. The quantitative estimate of drug-likeness (QED) is 0.321. The number of rotatable bonds is 6. The number of aryl methyl sites for hydroxylation is 3. The number of hydrogen-bond acceptors (Lipinski definition) is 3. The molecule has 6 heteroatoms. The molecule has 0 amide bonds. The SMILES string of the molecule is CN=C(NCCCc1ccccc1)NCc1nc(C)c(C)o1.I. The summed E-state index contributed by atoms with van der Waals surface area (Å²) < 4.78 is 5.54. The van der Waals surface area contributed by atoms with Gasteiger partial charge in [0.25, 0.3) is 0 Å². The van der Waals surface area contributed by atoms with Crippen molar-refractivity contribution in [3.63, 3.8) is 0 Å². The Morgan fingerprint density at radius 2 is 1.91 bits per heavy atom. The van der Waals surface area contributed by atoms with Gasteiger partial charge in [0.05, 0.1) is 12.2 Å². The van der Waals surface area contributed by atoms with Crippen molar-refractivity contribution in [3.05, 3.63) is 53.2 Å². The molecule has 0 spiro atoms. The molecule has 5 nitrogen and oxygen atoms in total. The topological polar surface area (TPSA) is 62.5 Å². The fourth-order valence-electron chi connectivity index (χ4n) is 2.14. The Balaban J connectivity index is 0.00000264. The molecule has 2 N–H and O–H groups in total. The summed E-state index contributed by atoms with van der Waals surface area (Å²) in [6.45, 7) is 5.27. The summed E-state index contributed by atoms with van der Waals surface area (Å²) in [6.07, 6.45) is 2.12. The number of aromatic nitrogens is 1. The molecular formula is C17H25IN4O. The van der Waals surface area contributed by atoms with Crippen molar-refractivity contribution >= 4 is 29.9 Å². The summed E-state index contributed by atoms with van der Waals surface area (Å²) in [7, 11) is 1.76. The highest BCUT2D eigenvalue weighted by atomic mass is 127. The van der Waals surface area contributed by atoms with Crippen molar-refractivity contribution in [3.8, 4) is 0 Å². The number of halogens is 1. The first-order valence-electron chi connectivity index (χ1n) is 7.60. The first kappa shape index (κ1) is 19.5. The van der Waals surface area contributed by atoms with E-state index in [2.05, 4.69) is 44.9 Å². The fraction of sp³-hybridized carbons (Fsp3) is 0.412. The van der Waals surface area contributed by atoms with Crippen molar-refractivity contribution in [2.45, 2.75) is 33.2 Å². The molecule has 0 aliphatic carbocycles. The molecule has 0 fully saturated rings. The molecule has 0 bridgehead atoms. The normalized spacial score (nSPS) is 11.0. The van der Waals surface area contributed by atoms with Gasteiger partial charge >= 0.3 is 0 Å². The predicted molar refractivity (Wildman–Crippen MR) is 104 cm³/mol. The molecular weight excluding hydrogens is 403 g/mol. The fourth-order valence-corrected chi connectivity index (χ4v) is 2.14. The number of aliphatic imine (C=N–C) groups is 1. The number of nitrogens with one attached hydrogen (secondary N) is 2. The van der Waals surface area contributed by atoms with E-state index >= 15 is 0 Å². The molecule has 1 aromatic heterocycles. The van der Waals surface area contributed by atoms with E-state index in [1.165, 1.54) is 5.56 Å². The van der Waals surface area contributed by atoms with Crippen LogP contribution in [0.5, 0.6) is 0 Å². The van der Waals surface area contributed by atoms with Gasteiger partial charge in [0, 0.05) is 13.6 Å². The van der Waals surface area contributed by atoms with E-state index in [1.54, 1.807) is 7.05 Å². The van der Waals surface area contributed by atoms with Crippen LogP contribution in [-0.4, -0.2) is 24.5 Å². The van der Waals surface area contributed by atoms with Crippen molar-refractivity contribution < 1.29 is 4.42 Å². The molecule has 0 radical (unpaired) electrons. The van der Waals surface area contributed by atoms with Crippen LogP contribution in [0, 0.1) is 13.8 Å². The van der Waals surface area contributed by atoms with E-state index in [0.717, 1.165) is 36.8 Å². The maximum atomic E-state index is 5.54. The summed E-state index contributed by atoms with van der Waals surface area (Å²) in [4.78, 5) is 8.54. The molecule has 0 saturated carbocycles. The predicted octanol–water partition coefficient (Wildman–Crippen LogP) is 3.21. The van der Waals surface area contributed by atoms with Crippen LogP contribution in [0.25, 0.3) is 0 Å². The van der Waals surface area contributed by atoms with E-state index in [1.807, 2.05) is 19.9 Å². The van der Waals surface area contributed by atoms with Crippen LogP contribution in [-0.2, 0) is 13.0 Å². The second-order valence-electron chi connectivity index (χ2n) is 5.19. The third-order valence-electron chi connectivity index (χ3n) is 3.48. The molecule has 0 unspecified atom stereocenters. The average molecular weight is 428 g/mol. The first-order valence-corrected chi connectivity index (χ1v) is 7.60. The standard InChI is InChI=1S/C17H24N4O.HI/c1-13-14(2)22-16(21-13)12-20-17(18-3)19-11-7-10-15-8-5-4-6-9-15;/h4-6,8-9H,7,10-12H2,1-3H3,(H2,18,19,20);1H. The lowest BCUT2D eigenvalue weighted by molar-refractivity contribution is 0.463. The Morgan fingerprint density at radius 3 is 2.52 bits per heavy atom. The molecule has 23 heavy (non-hydrogen) atoms. The molecule has 1 aromatic carbocycles. The molecule has 0 saturated heterocycles. The highest BCUT2D eigenvalue weighted by Crippen LogP contribution is 2.07. The van der Waals surface area contributed by atoms with E-state index in [-0.39, 0.29) is 24.0 Å². The largest absolute Gasteiger partial charge is 0.444 e. The van der Waals surface area contributed by atoms with Gasteiger partial charge in [-0.2, -0.15) is 0 Å². The molecule has 126 valence electrons. The van der Waals surface area contributed by atoms with Gasteiger partial charge in [-0.05, 0) is 32.3 Å². The minimum absolute atomic E-state index is 0. The monoisotopic (exact) mass is 428 g/mol. The third kappa shape index (κ3) is 6.60. The number of nitrogens with zero attached hydrogens (tertiary/aromatic N) is 2. The Labute approximate surface area is 155 Å². The van der Waals surface area contributed by atoms with Gasteiger partial charge in [0.15, 0.2) is 5.96 Å². The second-order valence-corrected chi connectivity index (χ2v) is 5.19. The van der Waals surface area contributed by atoms with E-state index in [4.69, 9.17) is 4.42 Å². The minimum atomic E-state index is 0. The summed E-state index contributed by atoms with van der Waals surface area (Å²) in [5, 5.41) is 6.51. The van der Waals surface area contributed by atoms with Crippen LogP contribution < -0.4 is 10.6 Å². The van der Waals surface area contributed by atoms with Crippen molar-refractivity contribution in [2.75, 3.05) is 13.6 Å². The Morgan fingerprint density at radius 1 is 1.17 bits per heavy atom. The van der Waals surface area contributed by atoms with E-state index < -0.39 is 0 Å². The van der Waals surface area contributed by atoms with Gasteiger partial charge in [-0.1, -0.05) is 30.3 Å². The zero-order chi connectivity index (χ0) is 15.8. The smallest absolute Gasteiger partial charge is 0.214 e. The molecule has 2 aromatic rings. The van der Waals surface area contributed by atoms with Crippen LogP contribution in [0.2, 0.25) is 0 Å². The molecule has 0 aliphatic rings. The molecule has 2 rings (SSSR count). The molecule has 1 heterocycles. The van der Waals surface area contributed by atoms with Crippen LogP contribution in [0.15, 0.2) is 39.7 Å². The lowest BCUT2D eigenvalue weighted by Gasteiger charge is -2.10. The lowest BCUT2D eigenvalue weighted by Crippen LogP contribution is -2.37. The second kappa shape index (κ2) is 10.3. The van der Waals surface area contributed by atoms with E-state index in [9.17, 15) is 0 Å². The zero-order valence-corrected chi connectivity index (χ0v) is 16.3. The Kier molecular flexibility index (Phi) is 8.68. The summed E-state index contributed by atoms with van der Waals surface area (Å²) in [6, 6.07) is 10.5. The average Bonchev–Trinajstić information content (AvgIpc) is 2.86. The summed E-state index contributed by atoms with van der Waals surface area (Å²) >= 11 is 0. The van der Waals surface area contributed by atoms with Crippen LogP contribution in [0.1, 0.15) is 29.3 Å². The zero-order valence-electron chi connectivity index (χ0n) is 13.9. The Bertz CT molecular complexity index is 591. The van der Waals surface area contributed by atoms with Crippen molar-refractivity contribution in [1.29, 1.82) is 0 Å². The number of hydrogen-bond donors (Lipinski definition) is 2. The number of guanidine groups is 1. The summed E-state index contributed by atoms with van der Waals surface area (Å²) in [5.41, 5.74) is 2.29. The summed E-state index contributed by atoms with van der Waals surface area (Å²) in [5.74, 6) is 2.31. The lowest BCUT2D eigenvalue weighted by atomic mass is 10.1. The van der Waals surface area contributed by atoms with E-state index in [0.29, 0.717) is 12.4 Å². The highest BCUT2D eigenvalue weighted by molar-refractivity contribution is 14.0. The van der Waals surface area contributed by atoms with Crippen molar-refractivity contribution in [2.24, 2.45) is 4.99 Å².